The second kappa shape index (κ2) is 8.36. The van der Waals surface area contributed by atoms with Crippen molar-refractivity contribution in [2.45, 2.75) is 59.3 Å². The molecule has 1 rings (SSSR count). The van der Waals surface area contributed by atoms with Gasteiger partial charge in [-0.1, -0.05) is 58.6 Å². The molecule has 0 bridgehead atoms. The van der Waals surface area contributed by atoms with Crippen molar-refractivity contribution in [1.82, 2.24) is 9.97 Å². The molecule has 0 aliphatic heterocycles. The van der Waals surface area contributed by atoms with E-state index in [1.54, 1.807) is 0 Å². The molecule has 3 nitrogen and oxygen atoms in total. The van der Waals surface area contributed by atoms with E-state index in [0.717, 1.165) is 12.0 Å². The van der Waals surface area contributed by atoms with Gasteiger partial charge >= 0.3 is 0 Å². The summed E-state index contributed by atoms with van der Waals surface area (Å²) in [5.74, 6) is 1.50. The molecule has 19 heavy (non-hydrogen) atoms. The Kier molecular flexibility index (Phi) is 7.14. The van der Waals surface area contributed by atoms with Crippen molar-refractivity contribution in [3.8, 4) is 5.88 Å². The molecule has 0 aliphatic carbocycles. The fraction of sp³-hybridized carbons (Fsp3) is 0.733. The Balaban J connectivity index is 2.68. The Morgan fingerprint density at radius 3 is 2.58 bits per heavy atom. The van der Waals surface area contributed by atoms with Crippen LogP contribution in [0.2, 0.25) is 5.15 Å². The highest BCUT2D eigenvalue weighted by molar-refractivity contribution is 6.30. The van der Waals surface area contributed by atoms with Gasteiger partial charge in [-0.15, -0.1) is 0 Å². The molecule has 0 saturated carbocycles. The largest absolute Gasteiger partial charge is 0.477 e. The first-order chi connectivity index (χ1) is 9.10. The van der Waals surface area contributed by atoms with Crippen LogP contribution in [0.5, 0.6) is 5.88 Å². The summed E-state index contributed by atoms with van der Waals surface area (Å²) in [5, 5.41) is 0.501. The van der Waals surface area contributed by atoms with E-state index in [2.05, 4.69) is 37.7 Å². The van der Waals surface area contributed by atoms with Gasteiger partial charge in [0.1, 0.15) is 11.5 Å². The van der Waals surface area contributed by atoms with Crippen LogP contribution in [0.3, 0.4) is 0 Å². The summed E-state index contributed by atoms with van der Waals surface area (Å²) in [6.45, 7) is 9.29. The third kappa shape index (κ3) is 4.98. The third-order valence-corrected chi connectivity index (χ3v) is 3.68. The fourth-order valence-electron chi connectivity index (χ4n) is 2.05. The predicted molar refractivity (Wildman–Crippen MR) is 79.9 cm³/mol. The van der Waals surface area contributed by atoms with Gasteiger partial charge in [0.15, 0.2) is 0 Å². The zero-order valence-corrected chi connectivity index (χ0v) is 13.2. The molecule has 0 fully saturated rings. The van der Waals surface area contributed by atoms with E-state index in [4.69, 9.17) is 16.3 Å². The maximum Gasteiger partial charge on any atom is 0.221 e. The van der Waals surface area contributed by atoms with Crippen LogP contribution in [-0.2, 0) is 0 Å². The van der Waals surface area contributed by atoms with Gasteiger partial charge in [-0.3, -0.25) is 0 Å². The Labute approximate surface area is 121 Å². The molecule has 1 aromatic rings. The second-order valence-corrected chi connectivity index (χ2v) is 5.62. The summed E-state index contributed by atoms with van der Waals surface area (Å²) in [7, 11) is 0. The molecule has 1 heterocycles. The molecular formula is C15H25ClN2O. The molecule has 4 heteroatoms. The molecule has 0 saturated heterocycles. The minimum absolute atomic E-state index is 0.263. The quantitative estimate of drug-likeness (QED) is 0.640. The van der Waals surface area contributed by atoms with Crippen LogP contribution in [0.1, 0.15) is 64.9 Å². The highest BCUT2D eigenvalue weighted by atomic mass is 35.5. The first-order valence-corrected chi connectivity index (χ1v) is 7.61. The summed E-state index contributed by atoms with van der Waals surface area (Å²) >= 11 is 6.13. The molecule has 0 N–H and O–H groups in total. The Morgan fingerprint density at radius 2 is 2.00 bits per heavy atom. The predicted octanol–water partition coefficient (Wildman–Crippen LogP) is 4.85. The van der Waals surface area contributed by atoms with Gasteiger partial charge < -0.3 is 4.74 Å². The van der Waals surface area contributed by atoms with E-state index >= 15 is 0 Å². The van der Waals surface area contributed by atoms with Crippen LogP contribution < -0.4 is 4.74 Å². The van der Waals surface area contributed by atoms with Gasteiger partial charge in [0.05, 0.1) is 12.2 Å². The zero-order valence-electron chi connectivity index (χ0n) is 12.4. The Bertz CT molecular complexity index is 382. The lowest BCUT2D eigenvalue weighted by Gasteiger charge is -2.18. The van der Waals surface area contributed by atoms with E-state index in [9.17, 15) is 0 Å². The smallest absolute Gasteiger partial charge is 0.221 e. The highest BCUT2D eigenvalue weighted by Gasteiger charge is 2.16. The summed E-state index contributed by atoms with van der Waals surface area (Å²) < 4.78 is 5.89. The maximum atomic E-state index is 6.13. The van der Waals surface area contributed by atoms with E-state index in [1.165, 1.54) is 25.6 Å². The summed E-state index contributed by atoms with van der Waals surface area (Å²) in [4.78, 5) is 8.26. The minimum Gasteiger partial charge on any atom is -0.477 e. The van der Waals surface area contributed by atoms with E-state index in [-0.39, 0.29) is 5.92 Å². The lowest BCUT2D eigenvalue weighted by atomic mass is 10.0. The average molecular weight is 285 g/mol. The lowest BCUT2D eigenvalue weighted by molar-refractivity contribution is 0.223. The van der Waals surface area contributed by atoms with Crippen molar-refractivity contribution < 1.29 is 4.74 Å². The van der Waals surface area contributed by atoms with Crippen molar-refractivity contribution in [2.24, 2.45) is 5.92 Å². The first kappa shape index (κ1) is 16.2. The van der Waals surface area contributed by atoms with Gasteiger partial charge in [-0.05, 0) is 18.3 Å². The number of nitrogens with zero attached hydrogens (tertiary/aromatic N) is 2. The van der Waals surface area contributed by atoms with E-state index < -0.39 is 0 Å². The summed E-state index contributed by atoms with van der Waals surface area (Å²) in [5.41, 5.74) is 0.912. The van der Waals surface area contributed by atoms with Crippen LogP contribution in [0.4, 0.5) is 0 Å². The van der Waals surface area contributed by atoms with Crippen LogP contribution in [0, 0.1) is 5.92 Å². The van der Waals surface area contributed by atoms with Crippen LogP contribution in [0.15, 0.2) is 6.33 Å². The molecule has 0 spiro atoms. The van der Waals surface area contributed by atoms with Gasteiger partial charge in [0, 0.05) is 0 Å². The van der Waals surface area contributed by atoms with Gasteiger partial charge in [-0.25, -0.2) is 9.97 Å². The van der Waals surface area contributed by atoms with Crippen LogP contribution >= 0.6 is 11.6 Å². The maximum absolute atomic E-state index is 6.13. The SMILES string of the molecule is CCCCC(CC)COc1ncnc(Cl)c1C(C)C. The molecule has 0 aliphatic rings. The number of unbranched alkanes of at least 4 members (excludes halogenated alkanes) is 1. The molecule has 108 valence electrons. The lowest BCUT2D eigenvalue weighted by Crippen LogP contribution is -2.13. The molecule has 0 radical (unpaired) electrons. The van der Waals surface area contributed by atoms with Gasteiger partial charge in [-0.2, -0.15) is 0 Å². The van der Waals surface area contributed by atoms with Gasteiger partial charge in [0.2, 0.25) is 5.88 Å². The second-order valence-electron chi connectivity index (χ2n) is 5.27. The van der Waals surface area contributed by atoms with E-state index in [1.807, 2.05) is 0 Å². The number of hydrogen-bond acceptors (Lipinski definition) is 3. The molecular weight excluding hydrogens is 260 g/mol. The number of aromatic nitrogens is 2. The molecule has 1 unspecified atom stereocenters. The zero-order chi connectivity index (χ0) is 14.3. The van der Waals surface area contributed by atoms with Crippen molar-refractivity contribution in [3.05, 3.63) is 17.0 Å². The number of ether oxygens (including phenoxy) is 1. The standard InChI is InChI=1S/C15H25ClN2O/c1-5-7-8-12(6-2)9-19-15-13(11(3)4)14(16)17-10-18-15/h10-12H,5-9H2,1-4H3. The van der Waals surface area contributed by atoms with E-state index in [0.29, 0.717) is 23.6 Å². The number of halogens is 1. The van der Waals surface area contributed by atoms with Crippen LogP contribution in [0.25, 0.3) is 0 Å². The topological polar surface area (TPSA) is 35.0 Å². The molecule has 0 aromatic carbocycles. The third-order valence-electron chi connectivity index (χ3n) is 3.38. The molecule has 1 aromatic heterocycles. The van der Waals surface area contributed by atoms with Crippen molar-refractivity contribution in [1.29, 1.82) is 0 Å². The summed E-state index contributed by atoms with van der Waals surface area (Å²) in [6.07, 6.45) is 6.30. The van der Waals surface area contributed by atoms with Crippen LogP contribution in [-0.4, -0.2) is 16.6 Å². The first-order valence-electron chi connectivity index (χ1n) is 7.23. The van der Waals surface area contributed by atoms with Crippen molar-refractivity contribution >= 4 is 11.6 Å². The minimum atomic E-state index is 0.263. The Morgan fingerprint density at radius 1 is 1.26 bits per heavy atom. The summed E-state index contributed by atoms with van der Waals surface area (Å²) in [6, 6.07) is 0. The van der Waals surface area contributed by atoms with Crippen molar-refractivity contribution in [3.63, 3.8) is 0 Å². The highest BCUT2D eigenvalue weighted by Crippen LogP contribution is 2.30. The normalized spacial score (nSPS) is 12.7. The molecule has 1 atom stereocenters. The molecule has 0 amide bonds. The monoisotopic (exact) mass is 284 g/mol. The van der Waals surface area contributed by atoms with Gasteiger partial charge in [0.25, 0.3) is 0 Å². The number of rotatable bonds is 8. The van der Waals surface area contributed by atoms with Crippen molar-refractivity contribution in [2.75, 3.05) is 6.61 Å². The Hall–Kier alpha value is -0.830. The number of hydrogen-bond donors (Lipinski definition) is 0. The average Bonchev–Trinajstić information content (AvgIpc) is 2.38. The fourth-order valence-corrected chi connectivity index (χ4v) is 2.40.